The van der Waals surface area contributed by atoms with Crippen LogP contribution in [-0.4, -0.2) is 66.9 Å². The molecule has 2 saturated heterocycles. The Hall–Kier alpha value is -3.48. The second kappa shape index (κ2) is 11.5. The van der Waals surface area contributed by atoms with Gasteiger partial charge in [-0.15, -0.1) is 0 Å². The molecule has 4 aliphatic rings. The van der Waals surface area contributed by atoms with Crippen LogP contribution in [0.2, 0.25) is 0 Å². The van der Waals surface area contributed by atoms with Crippen molar-refractivity contribution in [1.29, 1.82) is 0 Å². The lowest BCUT2D eigenvalue weighted by Gasteiger charge is -2.33. The Morgan fingerprint density at radius 3 is 2.66 bits per heavy atom. The lowest BCUT2D eigenvalue weighted by molar-refractivity contribution is -0.128. The summed E-state index contributed by atoms with van der Waals surface area (Å²) in [6.07, 6.45) is 8.66. The molecule has 2 aliphatic carbocycles. The highest BCUT2D eigenvalue weighted by Crippen LogP contribution is 2.52. The molecule has 2 atom stereocenters. The number of imidazole rings is 1. The van der Waals surface area contributed by atoms with Gasteiger partial charge in [-0.05, 0) is 69.3 Å². The molecule has 11 nitrogen and oxygen atoms in total. The predicted molar refractivity (Wildman–Crippen MR) is 155 cm³/mol. The molecule has 4 fully saturated rings. The Labute approximate surface area is 254 Å². The average molecular weight is 611 g/mol. The smallest absolute Gasteiger partial charge is 0.270 e. The minimum atomic E-state index is -2.70. The van der Waals surface area contributed by atoms with Crippen LogP contribution < -0.4 is 10.6 Å². The van der Waals surface area contributed by atoms with Crippen LogP contribution >= 0.6 is 0 Å². The number of nitrogens with zero attached hydrogens (tertiary/aromatic N) is 6. The van der Waals surface area contributed by atoms with Gasteiger partial charge in [0.15, 0.2) is 0 Å². The SMILES string of the molecule is CCn1nccc1C(=O)N[C@H](c1cn2nc(C[C@H]3CC4(CC4)CNC3=O)c(C3CCOCC3)nc2n1)C1CCC(F)(F)CC1. The summed E-state index contributed by atoms with van der Waals surface area (Å²) in [5.41, 5.74) is 2.81. The fourth-order valence-corrected chi connectivity index (χ4v) is 7.36. The summed E-state index contributed by atoms with van der Waals surface area (Å²) in [4.78, 5) is 36.2. The number of hydrogen-bond acceptors (Lipinski definition) is 7. The number of aryl methyl sites for hydroxylation is 1. The second-order valence-corrected chi connectivity index (χ2v) is 13.2. The topological polar surface area (TPSA) is 128 Å². The number of alkyl halides is 2. The fraction of sp³-hybridized carbons (Fsp3) is 0.677. The van der Waals surface area contributed by atoms with Crippen molar-refractivity contribution in [3.05, 3.63) is 41.2 Å². The van der Waals surface area contributed by atoms with E-state index in [1.807, 2.05) is 6.92 Å². The van der Waals surface area contributed by atoms with Crippen molar-refractivity contribution in [2.75, 3.05) is 19.8 Å². The van der Waals surface area contributed by atoms with Gasteiger partial charge in [-0.3, -0.25) is 14.3 Å². The number of piperidine rings is 1. The lowest BCUT2D eigenvalue weighted by atomic mass is 9.81. The number of nitrogens with one attached hydrogen (secondary N) is 2. The third-order valence-electron chi connectivity index (χ3n) is 10.2. The first-order valence-electron chi connectivity index (χ1n) is 16.0. The third-order valence-corrected chi connectivity index (χ3v) is 10.2. The van der Waals surface area contributed by atoms with Crippen LogP contribution in [-0.2, 0) is 22.5 Å². The Morgan fingerprint density at radius 1 is 1.16 bits per heavy atom. The van der Waals surface area contributed by atoms with E-state index in [1.165, 1.54) is 0 Å². The van der Waals surface area contributed by atoms with E-state index in [-0.39, 0.29) is 60.7 Å². The minimum absolute atomic E-state index is 0.0665. The van der Waals surface area contributed by atoms with E-state index in [0.717, 1.165) is 50.0 Å². The molecule has 3 aromatic heterocycles. The highest BCUT2D eigenvalue weighted by molar-refractivity contribution is 5.92. The number of halogens is 2. The van der Waals surface area contributed by atoms with Crippen molar-refractivity contribution in [2.45, 2.75) is 95.6 Å². The van der Waals surface area contributed by atoms with Gasteiger partial charge >= 0.3 is 0 Å². The van der Waals surface area contributed by atoms with Crippen molar-refractivity contribution < 1.29 is 23.1 Å². The summed E-state index contributed by atoms with van der Waals surface area (Å²) in [6.45, 7) is 4.45. The van der Waals surface area contributed by atoms with Crippen molar-refractivity contribution in [1.82, 2.24) is 40.0 Å². The van der Waals surface area contributed by atoms with Crippen molar-refractivity contribution in [2.24, 2.45) is 17.3 Å². The highest BCUT2D eigenvalue weighted by Gasteiger charge is 2.49. The molecular formula is C31H40F2N8O3. The van der Waals surface area contributed by atoms with Crippen molar-refractivity contribution in [3.8, 4) is 0 Å². The molecule has 2 N–H and O–H groups in total. The molecule has 44 heavy (non-hydrogen) atoms. The largest absolute Gasteiger partial charge is 0.381 e. The molecule has 0 unspecified atom stereocenters. The zero-order chi connectivity index (χ0) is 30.5. The van der Waals surface area contributed by atoms with Crippen LogP contribution in [0, 0.1) is 17.3 Å². The summed E-state index contributed by atoms with van der Waals surface area (Å²) in [7, 11) is 0. The van der Waals surface area contributed by atoms with Gasteiger partial charge in [-0.1, -0.05) is 0 Å². The van der Waals surface area contributed by atoms with Gasteiger partial charge in [0.2, 0.25) is 11.8 Å². The van der Waals surface area contributed by atoms with Crippen LogP contribution in [0.25, 0.3) is 5.78 Å². The molecule has 7 rings (SSSR count). The van der Waals surface area contributed by atoms with E-state index in [4.69, 9.17) is 19.8 Å². The van der Waals surface area contributed by atoms with Crippen LogP contribution in [0.5, 0.6) is 0 Å². The molecule has 2 aliphatic heterocycles. The number of amides is 2. The zero-order valence-electron chi connectivity index (χ0n) is 25.1. The van der Waals surface area contributed by atoms with E-state index in [0.29, 0.717) is 43.3 Å². The minimum Gasteiger partial charge on any atom is -0.381 e. The van der Waals surface area contributed by atoms with E-state index in [2.05, 4.69) is 15.7 Å². The number of fused-ring (bicyclic) bond motifs is 1. The maximum Gasteiger partial charge on any atom is 0.270 e. The molecular weight excluding hydrogens is 570 g/mol. The number of carbonyl (C=O) groups is 2. The molecule has 1 spiro atoms. The average Bonchev–Trinajstić information content (AvgIpc) is 3.39. The second-order valence-electron chi connectivity index (χ2n) is 13.2. The van der Waals surface area contributed by atoms with Crippen molar-refractivity contribution >= 4 is 17.6 Å². The van der Waals surface area contributed by atoms with E-state index in [9.17, 15) is 18.4 Å². The van der Waals surface area contributed by atoms with Gasteiger partial charge in [0.1, 0.15) is 5.69 Å². The molecule has 0 bridgehead atoms. The first-order chi connectivity index (χ1) is 21.2. The first kappa shape index (κ1) is 29.2. The molecule has 2 amide bonds. The fourth-order valence-electron chi connectivity index (χ4n) is 7.36. The van der Waals surface area contributed by atoms with Crippen LogP contribution in [0.15, 0.2) is 18.5 Å². The third kappa shape index (κ3) is 5.82. The molecule has 0 aromatic carbocycles. The Morgan fingerprint density at radius 2 is 1.93 bits per heavy atom. The normalized spacial score (nSPS) is 24.3. The number of aromatic nitrogens is 6. The van der Waals surface area contributed by atoms with Gasteiger partial charge < -0.3 is 15.4 Å². The van der Waals surface area contributed by atoms with Gasteiger partial charge in [0.05, 0.1) is 29.3 Å². The van der Waals surface area contributed by atoms with Gasteiger partial charge in [0, 0.05) is 63.6 Å². The summed E-state index contributed by atoms with van der Waals surface area (Å²) >= 11 is 0. The van der Waals surface area contributed by atoms with E-state index < -0.39 is 12.0 Å². The van der Waals surface area contributed by atoms with Gasteiger partial charge in [-0.2, -0.15) is 10.2 Å². The molecule has 236 valence electrons. The summed E-state index contributed by atoms with van der Waals surface area (Å²) in [5, 5.41) is 15.4. The maximum absolute atomic E-state index is 14.2. The van der Waals surface area contributed by atoms with E-state index >= 15 is 0 Å². The predicted octanol–water partition coefficient (Wildman–Crippen LogP) is 3.99. The lowest BCUT2D eigenvalue weighted by Crippen LogP contribution is -2.43. The highest BCUT2D eigenvalue weighted by atomic mass is 19.3. The number of carbonyl (C=O) groups excluding carboxylic acids is 2. The zero-order valence-corrected chi connectivity index (χ0v) is 25.1. The van der Waals surface area contributed by atoms with Gasteiger partial charge in [-0.25, -0.2) is 23.3 Å². The molecule has 5 heterocycles. The molecule has 3 aromatic rings. The molecule has 2 saturated carbocycles. The van der Waals surface area contributed by atoms with Gasteiger partial charge in [0.25, 0.3) is 11.7 Å². The Kier molecular flexibility index (Phi) is 7.62. The Balaban J connectivity index is 1.23. The van der Waals surface area contributed by atoms with Crippen molar-refractivity contribution in [3.63, 3.8) is 0 Å². The van der Waals surface area contributed by atoms with Crippen LogP contribution in [0.1, 0.15) is 104 Å². The van der Waals surface area contributed by atoms with E-state index in [1.54, 1.807) is 27.7 Å². The summed E-state index contributed by atoms with van der Waals surface area (Å²) in [6, 6.07) is 1.05. The maximum atomic E-state index is 14.2. The molecule has 13 heteroatoms. The number of ether oxygens (including phenoxy) is 1. The van der Waals surface area contributed by atoms with Crippen LogP contribution in [0.4, 0.5) is 8.78 Å². The Bertz CT molecular complexity index is 1530. The molecule has 0 radical (unpaired) electrons. The van der Waals surface area contributed by atoms with Crippen LogP contribution in [0.3, 0.4) is 0 Å². The first-order valence-corrected chi connectivity index (χ1v) is 16.0. The quantitative estimate of drug-likeness (QED) is 0.395. The number of hydrogen-bond donors (Lipinski definition) is 2. The monoisotopic (exact) mass is 610 g/mol. The number of rotatable bonds is 8. The summed E-state index contributed by atoms with van der Waals surface area (Å²) in [5.74, 6) is -2.82. The standard InChI is InChI=1S/C31H40F2N8O3/c1-2-40-24(5-12-35-40)28(43)37-26(19-3-8-31(32,33)9-4-19)23-17-41-29(36-23)38-25(20-6-13-44-14-7-20)22(39-41)15-21-16-30(10-11-30)18-34-27(21)42/h5,12,17,19-21,26H,2-4,6-11,13-16,18H2,1H3,(H,34,42)(H,37,43)/t21-,26-/m0/s1. The summed E-state index contributed by atoms with van der Waals surface area (Å²) < 4.78 is 37.2.